The van der Waals surface area contributed by atoms with Crippen LogP contribution in [0.4, 0.5) is 0 Å². The lowest BCUT2D eigenvalue weighted by atomic mass is 9.63. The second-order valence-electron chi connectivity index (χ2n) is 8.93. The van der Waals surface area contributed by atoms with Gasteiger partial charge in [-0.3, -0.25) is 0 Å². The number of benzene rings is 1. The molecule has 0 saturated carbocycles. The van der Waals surface area contributed by atoms with Crippen LogP contribution in [0.5, 0.6) is 0 Å². The van der Waals surface area contributed by atoms with E-state index in [-0.39, 0.29) is 10.8 Å². The number of furan rings is 1. The average Bonchev–Trinajstić information content (AvgIpc) is 3.13. The van der Waals surface area contributed by atoms with Gasteiger partial charge >= 0.3 is 5.97 Å². The van der Waals surface area contributed by atoms with Gasteiger partial charge in [0, 0.05) is 0 Å². The first-order chi connectivity index (χ1) is 13.2. The number of carbonyl (C=O) groups is 1. The monoisotopic (exact) mass is 378 g/mol. The Labute approximate surface area is 168 Å². The molecule has 0 unspecified atom stereocenters. The van der Waals surface area contributed by atoms with Gasteiger partial charge in [0.1, 0.15) is 11.3 Å². The molecule has 0 N–H and O–H groups in total. The number of hydrogen-bond acceptors (Lipinski definition) is 3. The van der Waals surface area contributed by atoms with Crippen LogP contribution in [0.3, 0.4) is 0 Å². The van der Waals surface area contributed by atoms with E-state index in [2.05, 4.69) is 52.8 Å². The zero-order valence-corrected chi connectivity index (χ0v) is 17.8. The van der Waals surface area contributed by atoms with Crippen molar-refractivity contribution in [1.82, 2.24) is 0 Å². The molecule has 3 nitrogen and oxygen atoms in total. The van der Waals surface area contributed by atoms with E-state index in [4.69, 9.17) is 9.15 Å². The van der Waals surface area contributed by atoms with Gasteiger partial charge in [0.15, 0.2) is 0 Å². The fraction of sp³-hybridized carbons (Fsp3) is 0.400. The number of fused-ring (bicyclic) bond motifs is 1. The highest BCUT2D eigenvalue weighted by Gasteiger charge is 2.36. The summed E-state index contributed by atoms with van der Waals surface area (Å²) < 4.78 is 10.2. The van der Waals surface area contributed by atoms with E-state index in [0.717, 1.165) is 0 Å². The van der Waals surface area contributed by atoms with Crippen molar-refractivity contribution < 1.29 is 13.9 Å². The van der Waals surface area contributed by atoms with Gasteiger partial charge in [-0.2, -0.15) is 0 Å². The molecule has 148 valence electrons. The van der Waals surface area contributed by atoms with E-state index in [1.807, 2.05) is 12.2 Å². The van der Waals surface area contributed by atoms with Gasteiger partial charge in [-0.15, -0.1) is 0 Å². The fourth-order valence-electron chi connectivity index (χ4n) is 3.94. The third-order valence-corrected chi connectivity index (χ3v) is 6.00. The normalized spacial score (nSPS) is 18.1. The molecule has 0 bridgehead atoms. The summed E-state index contributed by atoms with van der Waals surface area (Å²) in [5.41, 5.74) is 6.17. The summed E-state index contributed by atoms with van der Waals surface area (Å²) in [6.07, 6.45) is 9.67. The van der Waals surface area contributed by atoms with E-state index in [1.165, 1.54) is 48.5 Å². The summed E-state index contributed by atoms with van der Waals surface area (Å²) in [4.78, 5) is 11.7. The quantitative estimate of drug-likeness (QED) is 0.448. The topological polar surface area (TPSA) is 39.4 Å². The lowest BCUT2D eigenvalue weighted by molar-refractivity contribution is 0.0599. The van der Waals surface area contributed by atoms with Gasteiger partial charge in [0.25, 0.3) is 0 Å². The molecule has 1 aliphatic carbocycles. The first-order valence-electron chi connectivity index (χ1n) is 9.82. The highest BCUT2D eigenvalue weighted by molar-refractivity contribution is 5.92. The predicted octanol–water partition coefficient (Wildman–Crippen LogP) is 6.53. The molecule has 0 fully saturated rings. The molecule has 3 heteroatoms. The van der Waals surface area contributed by atoms with Crippen molar-refractivity contribution in [2.24, 2.45) is 0 Å². The van der Waals surface area contributed by atoms with Crippen molar-refractivity contribution >= 4 is 17.6 Å². The van der Waals surface area contributed by atoms with E-state index >= 15 is 0 Å². The van der Waals surface area contributed by atoms with Crippen molar-refractivity contribution in [3.05, 3.63) is 70.7 Å². The molecule has 3 rings (SSSR count). The van der Waals surface area contributed by atoms with E-state index in [1.54, 1.807) is 12.1 Å². The third kappa shape index (κ3) is 3.84. The van der Waals surface area contributed by atoms with Crippen molar-refractivity contribution in [3.63, 3.8) is 0 Å². The van der Waals surface area contributed by atoms with Crippen LogP contribution in [0.15, 0.2) is 47.1 Å². The molecule has 1 aromatic carbocycles. The second-order valence-corrected chi connectivity index (χ2v) is 8.93. The Hall–Kier alpha value is -2.55. The summed E-state index contributed by atoms with van der Waals surface area (Å²) in [7, 11) is 1.37. The molecule has 0 aliphatic heterocycles. The second kappa shape index (κ2) is 7.46. The number of carbonyl (C=O) groups excluding carboxylic acids is 1. The Balaban J connectivity index is 1.88. The SMILES string of the molecule is COC(=O)c1ccoc1/C=C/C=C(/C)c1ccc2c(c1)C(C)(C)CCC2(C)C. The lowest BCUT2D eigenvalue weighted by Crippen LogP contribution is -2.33. The zero-order chi connectivity index (χ0) is 20.5. The first-order valence-corrected chi connectivity index (χ1v) is 9.82. The van der Waals surface area contributed by atoms with Crippen molar-refractivity contribution in [1.29, 1.82) is 0 Å². The zero-order valence-electron chi connectivity index (χ0n) is 17.8. The van der Waals surface area contributed by atoms with E-state index in [0.29, 0.717) is 11.3 Å². The summed E-state index contributed by atoms with van der Waals surface area (Å²) >= 11 is 0. The smallest absolute Gasteiger partial charge is 0.341 e. The van der Waals surface area contributed by atoms with Gasteiger partial charge in [0.2, 0.25) is 0 Å². The molecule has 1 aliphatic rings. The summed E-state index contributed by atoms with van der Waals surface area (Å²) in [6.45, 7) is 11.5. The van der Waals surface area contributed by atoms with Crippen LogP contribution in [-0.4, -0.2) is 13.1 Å². The Bertz CT molecular complexity index is 938. The molecular weight excluding hydrogens is 348 g/mol. The van der Waals surface area contributed by atoms with Crippen LogP contribution in [0.2, 0.25) is 0 Å². The Morgan fingerprint density at radius 3 is 2.43 bits per heavy atom. The van der Waals surface area contributed by atoms with Gasteiger partial charge in [-0.1, -0.05) is 58.0 Å². The van der Waals surface area contributed by atoms with Crippen LogP contribution >= 0.6 is 0 Å². The standard InChI is InChI=1S/C25H30O3/c1-17(8-7-9-22-19(12-15-28-22)23(26)27-6)18-10-11-20-21(16-18)25(4,5)14-13-24(20,2)3/h7-12,15-16H,13-14H2,1-6H3/b9-7+,17-8-. The molecule has 1 aromatic heterocycles. The molecule has 28 heavy (non-hydrogen) atoms. The van der Waals surface area contributed by atoms with Crippen LogP contribution in [0.1, 0.15) is 80.3 Å². The lowest BCUT2D eigenvalue weighted by Gasteiger charge is -2.42. The average molecular weight is 379 g/mol. The summed E-state index contributed by atoms with van der Waals surface area (Å²) in [5, 5.41) is 0. The minimum absolute atomic E-state index is 0.195. The molecule has 0 saturated heterocycles. The minimum Gasteiger partial charge on any atom is -0.465 e. The van der Waals surface area contributed by atoms with Crippen LogP contribution in [0.25, 0.3) is 11.6 Å². The molecule has 0 spiro atoms. The largest absolute Gasteiger partial charge is 0.465 e. The van der Waals surface area contributed by atoms with Gasteiger partial charge in [0.05, 0.1) is 13.4 Å². The number of ether oxygens (including phenoxy) is 1. The number of esters is 1. The maximum atomic E-state index is 11.7. The maximum Gasteiger partial charge on any atom is 0.341 e. The number of methoxy groups -OCH3 is 1. The Kier molecular flexibility index (Phi) is 5.38. The Morgan fingerprint density at radius 2 is 1.75 bits per heavy atom. The van der Waals surface area contributed by atoms with Gasteiger partial charge < -0.3 is 9.15 Å². The molecule has 0 atom stereocenters. The molecular formula is C25H30O3. The third-order valence-electron chi connectivity index (χ3n) is 6.00. The number of hydrogen-bond donors (Lipinski definition) is 0. The summed E-state index contributed by atoms with van der Waals surface area (Å²) in [5.74, 6) is 0.109. The van der Waals surface area contributed by atoms with Gasteiger partial charge in [-0.25, -0.2) is 4.79 Å². The van der Waals surface area contributed by atoms with Crippen LogP contribution in [0, 0.1) is 0 Å². The van der Waals surface area contributed by atoms with Crippen molar-refractivity contribution in [3.8, 4) is 0 Å². The van der Waals surface area contributed by atoms with Crippen molar-refractivity contribution in [2.75, 3.05) is 7.11 Å². The highest BCUT2D eigenvalue weighted by atomic mass is 16.5. The number of allylic oxidation sites excluding steroid dienone is 3. The minimum atomic E-state index is -0.395. The molecule has 2 aromatic rings. The maximum absolute atomic E-state index is 11.7. The Morgan fingerprint density at radius 1 is 1.07 bits per heavy atom. The van der Waals surface area contributed by atoms with Gasteiger partial charge in [-0.05, 0) is 65.0 Å². The fourth-order valence-corrected chi connectivity index (χ4v) is 3.94. The van der Waals surface area contributed by atoms with Crippen LogP contribution < -0.4 is 0 Å². The molecule has 0 radical (unpaired) electrons. The number of rotatable bonds is 4. The molecule has 0 amide bonds. The van der Waals surface area contributed by atoms with Crippen molar-refractivity contribution in [2.45, 2.75) is 58.3 Å². The highest BCUT2D eigenvalue weighted by Crippen LogP contribution is 2.46. The van der Waals surface area contributed by atoms with E-state index < -0.39 is 5.97 Å². The summed E-state index contributed by atoms with van der Waals surface area (Å²) in [6, 6.07) is 8.49. The predicted molar refractivity (Wildman–Crippen MR) is 114 cm³/mol. The molecule has 1 heterocycles. The first kappa shape index (κ1) is 20.2. The van der Waals surface area contributed by atoms with Crippen LogP contribution in [-0.2, 0) is 15.6 Å². The van der Waals surface area contributed by atoms with E-state index in [9.17, 15) is 4.79 Å².